The van der Waals surface area contributed by atoms with Crippen LogP contribution in [-0.2, 0) is 11.8 Å². The molecule has 0 aliphatic carbocycles. The van der Waals surface area contributed by atoms with Crippen LogP contribution in [0.15, 0.2) is 11.0 Å². The van der Waals surface area contributed by atoms with Crippen LogP contribution in [0.25, 0.3) is 0 Å². The normalized spacial score (nSPS) is 10.8. The quantitative estimate of drug-likeness (QED) is 0.794. The largest absolute Gasteiger partial charge is 0.380 e. The summed E-state index contributed by atoms with van der Waals surface area (Å²) >= 11 is 5.86. The first kappa shape index (κ1) is 13.0. The van der Waals surface area contributed by atoms with Crippen LogP contribution in [0.4, 0.5) is 5.69 Å². The Labute approximate surface area is 99.4 Å². The monoisotopic (exact) mass is 245 g/mol. The van der Waals surface area contributed by atoms with E-state index in [0.717, 1.165) is 0 Å². The van der Waals surface area contributed by atoms with Gasteiger partial charge in [0, 0.05) is 13.6 Å². The molecule has 0 amide bonds. The van der Waals surface area contributed by atoms with Gasteiger partial charge in [0.25, 0.3) is 5.56 Å². The van der Waals surface area contributed by atoms with E-state index in [9.17, 15) is 4.79 Å². The fraction of sp³-hybridized carbons (Fsp3) is 0.600. The number of ether oxygens (including phenoxy) is 1. The molecule has 1 N–H and O–H groups in total. The minimum atomic E-state index is -0.309. The summed E-state index contributed by atoms with van der Waals surface area (Å²) in [6, 6.07) is 0. The fourth-order valence-electron chi connectivity index (χ4n) is 1.11. The predicted molar refractivity (Wildman–Crippen MR) is 64.1 cm³/mol. The number of aryl methyl sites for hydroxylation is 1. The van der Waals surface area contributed by atoms with Gasteiger partial charge >= 0.3 is 0 Å². The van der Waals surface area contributed by atoms with Crippen molar-refractivity contribution in [1.82, 2.24) is 9.78 Å². The zero-order valence-electron chi connectivity index (χ0n) is 9.66. The SMILES string of the molecule is CC(C)OCCNc1cnn(C)c(=O)c1Cl. The molecular weight excluding hydrogens is 230 g/mol. The van der Waals surface area contributed by atoms with Crippen molar-refractivity contribution < 1.29 is 4.74 Å². The second-order valence-electron chi connectivity index (χ2n) is 3.65. The molecule has 90 valence electrons. The molecule has 16 heavy (non-hydrogen) atoms. The first-order chi connectivity index (χ1) is 7.52. The maximum absolute atomic E-state index is 11.4. The minimum Gasteiger partial charge on any atom is -0.380 e. The van der Waals surface area contributed by atoms with E-state index in [0.29, 0.717) is 18.8 Å². The van der Waals surface area contributed by atoms with Crippen molar-refractivity contribution in [1.29, 1.82) is 0 Å². The molecule has 0 aromatic carbocycles. The lowest BCUT2D eigenvalue weighted by Gasteiger charge is -2.10. The number of anilines is 1. The van der Waals surface area contributed by atoms with Crippen LogP contribution in [-0.4, -0.2) is 29.0 Å². The Hall–Kier alpha value is -1.07. The van der Waals surface area contributed by atoms with Crippen molar-refractivity contribution in [2.45, 2.75) is 20.0 Å². The molecule has 1 heterocycles. The van der Waals surface area contributed by atoms with Crippen molar-refractivity contribution in [3.05, 3.63) is 21.6 Å². The van der Waals surface area contributed by atoms with Gasteiger partial charge in [-0.15, -0.1) is 0 Å². The Morgan fingerprint density at radius 3 is 2.94 bits per heavy atom. The highest BCUT2D eigenvalue weighted by molar-refractivity contribution is 6.32. The van der Waals surface area contributed by atoms with E-state index >= 15 is 0 Å². The molecular formula is C10H16ClN3O2. The van der Waals surface area contributed by atoms with Gasteiger partial charge in [0.2, 0.25) is 0 Å². The average molecular weight is 246 g/mol. The molecule has 0 unspecified atom stereocenters. The molecule has 0 aliphatic rings. The molecule has 0 saturated heterocycles. The molecule has 0 aliphatic heterocycles. The van der Waals surface area contributed by atoms with Gasteiger partial charge in [-0.05, 0) is 13.8 Å². The van der Waals surface area contributed by atoms with Crippen LogP contribution in [0.5, 0.6) is 0 Å². The number of hydrogen-bond acceptors (Lipinski definition) is 4. The number of halogens is 1. The van der Waals surface area contributed by atoms with Gasteiger partial charge in [0.1, 0.15) is 5.02 Å². The van der Waals surface area contributed by atoms with Crippen molar-refractivity contribution in [3.8, 4) is 0 Å². The summed E-state index contributed by atoms with van der Waals surface area (Å²) in [6.45, 7) is 5.08. The third kappa shape index (κ3) is 3.50. The lowest BCUT2D eigenvalue weighted by Crippen LogP contribution is -2.22. The highest BCUT2D eigenvalue weighted by Crippen LogP contribution is 2.14. The van der Waals surface area contributed by atoms with E-state index in [1.54, 1.807) is 7.05 Å². The summed E-state index contributed by atoms with van der Waals surface area (Å²) in [7, 11) is 1.56. The van der Waals surface area contributed by atoms with Crippen LogP contribution in [0.1, 0.15) is 13.8 Å². The lowest BCUT2D eigenvalue weighted by atomic mass is 10.4. The fourth-order valence-corrected chi connectivity index (χ4v) is 1.35. The van der Waals surface area contributed by atoms with Gasteiger partial charge < -0.3 is 10.1 Å². The number of aromatic nitrogens is 2. The second-order valence-corrected chi connectivity index (χ2v) is 4.03. The summed E-state index contributed by atoms with van der Waals surface area (Å²) in [4.78, 5) is 11.4. The molecule has 1 rings (SSSR count). The van der Waals surface area contributed by atoms with Crippen molar-refractivity contribution in [2.24, 2.45) is 7.05 Å². The molecule has 0 saturated carbocycles. The number of hydrogen-bond donors (Lipinski definition) is 1. The maximum atomic E-state index is 11.4. The van der Waals surface area contributed by atoms with E-state index in [1.807, 2.05) is 13.8 Å². The van der Waals surface area contributed by atoms with E-state index < -0.39 is 0 Å². The number of nitrogens with one attached hydrogen (secondary N) is 1. The van der Waals surface area contributed by atoms with Gasteiger partial charge in [-0.1, -0.05) is 11.6 Å². The van der Waals surface area contributed by atoms with Gasteiger partial charge in [0.15, 0.2) is 0 Å². The smallest absolute Gasteiger partial charge is 0.287 e. The van der Waals surface area contributed by atoms with Crippen LogP contribution in [0, 0.1) is 0 Å². The second kappa shape index (κ2) is 5.86. The van der Waals surface area contributed by atoms with Crippen LogP contribution in [0.2, 0.25) is 5.02 Å². The third-order valence-corrected chi connectivity index (χ3v) is 2.31. The Kier molecular flexibility index (Phi) is 4.76. The third-order valence-electron chi connectivity index (χ3n) is 1.95. The molecule has 0 fully saturated rings. The van der Waals surface area contributed by atoms with E-state index in [1.165, 1.54) is 10.9 Å². The molecule has 0 radical (unpaired) electrons. The molecule has 5 nitrogen and oxygen atoms in total. The summed E-state index contributed by atoms with van der Waals surface area (Å²) < 4.78 is 6.54. The van der Waals surface area contributed by atoms with Gasteiger partial charge in [0.05, 0.1) is 24.6 Å². The molecule has 6 heteroatoms. The Morgan fingerprint density at radius 2 is 2.31 bits per heavy atom. The topological polar surface area (TPSA) is 56.1 Å². The molecule has 1 aromatic heterocycles. The van der Waals surface area contributed by atoms with Crippen molar-refractivity contribution in [2.75, 3.05) is 18.5 Å². The first-order valence-electron chi connectivity index (χ1n) is 5.09. The highest BCUT2D eigenvalue weighted by Gasteiger charge is 2.06. The summed E-state index contributed by atoms with van der Waals surface area (Å²) in [5.74, 6) is 0. The van der Waals surface area contributed by atoms with Gasteiger partial charge in [-0.25, -0.2) is 4.68 Å². The first-order valence-corrected chi connectivity index (χ1v) is 5.47. The van der Waals surface area contributed by atoms with Crippen molar-refractivity contribution >= 4 is 17.3 Å². The van der Waals surface area contributed by atoms with Gasteiger partial charge in [-0.2, -0.15) is 5.10 Å². The Balaban J connectivity index is 2.55. The van der Waals surface area contributed by atoms with E-state index in [-0.39, 0.29) is 16.7 Å². The molecule has 0 atom stereocenters. The molecule has 1 aromatic rings. The van der Waals surface area contributed by atoms with E-state index in [2.05, 4.69) is 10.4 Å². The summed E-state index contributed by atoms with van der Waals surface area (Å²) in [6.07, 6.45) is 1.72. The maximum Gasteiger partial charge on any atom is 0.287 e. The van der Waals surface area contributed by atoms with Crippen LogP contribution < -0.4 is 10.9 Å². The number of nitrogens with zero attached hydrogens (tertiary/aromatic N) is 2. The molecule has 0 bridgehead atoms. The summed E-state index contributed by atoms with van der Waals surface area (Å²) in [5, 5.41) is 7.03. The lowest BCUT2D eigenvalue weighted by molar-refractivity contribution is 0.0870. The van der Waals surface area contributed by atoms with Gasteiger partial charge in [-0.3, -0.25) is 4.79 Å². The predicted octanol–water partition coefficient (Wildman–Crippen LogP) is 1.27. The zero-order chi connectivity index (χ0) is 12.1. The van der Waals surface area contributed by atoms with Crippen LogP contribution in [0.3, 0.4) is 0 Å². The Morgan fingerprint density at radius 1 is 1.62 bits per heavy atom. The number of rotatable bonds is 5. The highest BCUT2D eigenvalue weighted by atomic mass is 35.5. The minimum absolute atomic E-state index is 0.155. The Bertz CT molecular complexity index is 404. The zero-order valence-corrected chi connectivity index (χ0v) is 10.4. The van der Waals surface area contributed by atoms with Crippen LogP contribution >= 0.6 is 11.6 Å². The molecule has 0 spiro atoms. The standard InChI is InChI=1S/C10H16ClN3O2/c1-7(2)16-5-4-12-8-6-13-14(3)10(15)9(8)11/h6-7,12H,4-5H2,1-3H3. The summed E-state index contributed by atoms with van der Waals surface area (Å²) in [5.41, 5.74) is 0.230. The van der Waals surface area contributed by atoms with E-state index in [4.69, 9.17) is 16.3 Å². The average Bonchev–Trinajstić information content (AvgIpc) is 2.23. The van der Waals surface area contributed by atoms with Crippen molar-refractivity contribution in [3.63, 3.8) is 0 Å².